The van der Waals surface area contributed by atoms with E-state index in [1.54, 1.807) is 20.8 Å². The summed E-state index contributed by atoms with van der Waals surface area (Å²) in [4.78, 5) is 0. The van der Waals surface area contributed by atoms with Crippen molar-refractivity contribution in [3.05, 3.63) is 29.3 Å². The Balaban J connectivity index is 2.51. The van der Waals surface area contributed by atoms with Gasteiger partial charge in [0.1, 0.15) is 10.9 Å². The predicted octanol–water partition coefficient (Wildman–Crippen LogP) is 4.56. The van der Waals surface area contributed by atoms with Crippen LogP contribution in [0.25, 0.3) is 0 Å². The number of rotatable bonds is 2. The average molecular weight is 294 g/mol. The van der Waals surface area contributed by atoms with Crippen LogP contribution in [0.2, 0.25) is 0 Å². The fraction of sp³-hybridized carbons (Fsp3) is 0.500. The third-order valence-electron chi connectivity index (χ3n) is 3.17. The van der Waals surface area contributed by atoms with Crippen molar-refractivity contribution in [3.63, 3.8) is 0 Å². The van der Waals surface area contributed by atoms with E-state index in [-0.39, 0.29) is 12.4 Å². The molecule has 0 radical (unpaired) electrons. The standard InChI is InChI=1S/C12H14F3O3P/c1-4-17-19(16)11(2,3)9-6-5-8(12(13,14)15)7-10(9)18-19/h5-7H,4H2,1-3H3. The quantitative estimate of drug-likeness (QED) is 0.750. The molecule has 0 bridgehead atoms. The summed E-state index contributed by atoms with van der Waals surface area (Å²) >= 11 is 0. The molecule has 2 rings (SSSR count). The predicted molar refractivity (Wildman–Crippen MR) is 64.3 cm³/mol. The van der Waals surface area contributed by atoms with Crippen molar-refractivity contribution in [1.29, 1.82) is 0 Å². The van der Waals surface area contributed by atoms with E-state index in [9.17, 15) is 17.7 Å². The normalized spacial score (nSPS) is 24.9. The summed E-state index contributed by atoms with van der Waals surface area (Å²) < 4.78 is 60.8. The van der Waals surface area contributed by atoms with Gasteiger partial charge in [0.2, 0.25) is 0 Å². The largest absolute Gasteiger partial charge is 0.423 e. The zero-order valence-corrected chi connectivity index (χ0v) is 11.6. The van der Waals surface area contributed by atoms with Crippen LogP contribution in [0, 0.1) is 0 Å². The highest BCUT2D eigenvalue weighted by atomic mass is 31.2. The van der Waals surface area contributed by atoms with E-state index in [4.69, 9.17) is 9.05 Å². The summed E-state index contributed by atoms with van der Waals surface area (Å²) in [6, 6.07) is 3.14. The molecule has 1 heterocycles. The van der Waals surface area contributed by atoms with Gasteiger partial charge < -0.3 is 4.52 Å². The topological polar surface area (TPSA) is 35.5 Å². The van der Waals surface area contributed by atoms with Crippen molar-refractivity contribution in [2.24, 2.45) is 0 Å². The van der Waals surface area contributed by atoms with Crippen molar-refractivity contribution in [3.8, 4) is 5.75 Å². The number of hydrogen-bond acceptors (Lipinski definition) is 3. The Morgan fingerprint density at radius 3 is 2.53 bits per heavy atom. The van der Waals surface area contributed by atoms with Gasteiger partial charge in [-0.05, 0) is 32.9 Å². The molecule has 0 saturated heterocycles. The first-order valence-corrected chi connectivity index (χ1v) is 7.32. The maximum Gasteiger partial charge on any atom is 0.416 e. The van der Waals surface area contributed by atoms with Gasteiger partial charge >= 0.3 is 13.8 Å². The van der Waals surface area contributed by atoms with E-state index in [1.807, 2.05) is 0 Å². The number of halogens is 3. The number of fused-ring (bicyclic) bond motifs is 1. The maximum atomic E-state index is 12.6. The monoisotopic (exact) mass is 294 g/mol. The number of alkyl halides is 3. The zero-order chi connectivity index (χ0) is 14.5. The molecule has 3 nitrogen and oxygen atoms in total. The summed E-state index contributed by atoms with van der Waals surface area (Å²) in [6.45, 7) is 5.11. The van der Waals surface area contributed by atoms with Crippen LogP contribution in [0.15, 0.2) is 18.2 Å². The first-order chi connectivity index (χ1) is 8.62. The first-order valence-electron chi connectivity index (χ1n) is 5.78. The van der Waals surface area contributed by atoms with Crippen LogP contribution >= 0.6 is 7.60 Å². The van der Waals surface area contributed by atoms with Gasteiger partial charge in [0, 0.05) is 5.56 Å². The lowest BCUT2D eigenvalue weighted by molar-refractivity contribution is -0.137. The summed E-state index contributed by atoms with van der Waals surface area (Å²) in [6.07, 6.45) is -4.46. The fourth-order valence-corrected chi connectivity index (χ4v) is 3.86. The van der Waals surface area contributed by atoms with Crippen molar-refractivity contribution < 1.29 is 26.8 Å². The molecular formula is C12H14F3O3P. The van der Waals surface area contributed by atoms with Crippen LogP contribution in [0.1, 0.15) is 31.9 Å². The minimum absolute atomic E-state index is 0.0170. The smallest absolute Gasteiger partial charge is 0.416 e. The lowest BCUT2D eigenvalue weighted by atomic mass is 9.99. The molecule has 19 heavy (non-hydrogen) atoms. The van der Waals surface area contributed by atoms with Crippen LogP contribution in [-0.2, 0) is 20.4 Å². The van der Waals surface area contributed by atoms with Gasteiger partial charge in [-0.1, -0.05) is 6.07 Å². The second-order valence-electron chi connectivity index (χ2n) is 4.77. The molecule has 1 aliphatic rings. The molecule has 7 heteroatoms. The summed E-state index contributed by atoms with van der Waals surface area (Å²) in [5.74, 6) is -0.0170. The number of hydrogen-bond donors (Lipinski definition) is 0. The summed E-state index contributed by atoms with van der Waals surface area (Å²) in [7, 11) is -3.49. The van der Waals surface area contributed by atoms with E-state index in [0.29, 0.717) is 5.56 Å². The van der Waals surface area contributed by atoms with Gasteiger partial charge in [-0.25, -0.2) is 4.57 Å². The molecule has 1 aromatic carbocycles. The van der Waals surface area contributed by atoms with Crippen molar-refractivity contribution in [1.82, 2.24) is 0 Å². The van der Waals surface area contributed by atoms with Crippen molar-refractivity contribution >= 4 is 7.60 Å². The van der Waals surface area contributed by atoms with Crippen LogP contribution in [0.3, 0.4) is 0 Å². The zero-order valence-electron chi connectivity index (χ0n) is 10.7. The SMILES string of the molecule is CCOP1(=O)Oc2cc(C(F)(F)F)ccc2C1(C)C. The molecule has 0 N–H and O–H groups in total. The van der Waals surface area contributed by atoms with Crippen LogP contribution in [0.4, 0.5) is 13.2 Å². The third kappa shape index (κ3) is 2.17. The molecule has 1 aromatic rings. The van der Waals surface area contributed by atoms with Crippen molar-refractivity contribution in [2.45, 2.75) is 32.1 Å². The Morgan fingerprint density at radius 1 is 1.37 bits per heavy atom. The molecule has 0 amide bonds. The Bertz CT molecular complexity index is 552. The molecule has 0 spiro atoms. The highest BCUT2D eigenvalue weighted by Gasteiger charge is 2.53. The van der Waals surface area contributed by atoms with E-state index >= 15 is 0 Å². The van der Waals surface area contributed by atoms with Crippen LogP contribution < -0.4 is 4.52 Å². The summed E-state index contributed by atoms with van der Waals surface area (Å²) in [5, 5.41) is -0.956. The molecule has 1 unspecified atom stereocenters. The van der Waals surface area contributed by atoms with Crippen LogP contribution in [0.5, 0.6) is 5.75 Å². The lowest BCUT2D eigenvalue weighted by Crippen LogP contribution is -2.15. The number of benzene rings is 1. The van der Waals surface area contributed by atoms with Gasteiger partial charge in [0.15, 0.2) is 0 Å². The molecular weight excluding hydrogens is 280 g/mol. The molecule has 0 saturated carbocycles. The fourth-order valence-electron chi connectivity index (χ4n) is 2.03. The second kappa shape index (κ2) is 4.25. The molecule has 0 aromatic heterocycles. The molecule has 0 fully saturated rings. The highest BCUT2D eigenvalue weighted by Crippen LogP contribution is 2.70. The highest BCUT2D eigenvalue weighted by molar-refractivity contribution is 7.56. The molecule has 1 aliphatic heterocycles. The van der Waals surface area contributed by atoms with Crippen LogP contribution in [-0.4, -0.2) is 6.61 Å². The molecule has 106 valence electrons. The van der Waals surface area contributed by atoms with Gasteiger partial charge in [-0.2, -0.15) is 13.2 Å². The Morgan fingerprint density at radius 2 is 2.00 bits per heavy atom. The Hall–Kier alpha value is -1.00. The Labute approximate surface area is 109 Å². The minimum Gasteiger partial charge on any atom is -0.423 e. The van der Waals surface area contributed by atoms with E-state index < -0.39 is 24.5 Å². The van der Waals surface area contributed by atoms with E-state index in [0.717, 1.165) is 12.1 Å². The Kier molecular flexibility index (Phi) is 3.22. The molecule has 1 atom stereocenters. The lowest BCUT2D eigenvalue weighted by Gasteiger charge is -2.24. The second-order valence-corrected chi connectivity index (χ2v) is 7.33. The first kappa shape index (κ1) is 14.4. The summed E-state index contributed by atoms with van der Waals surface area (Å²) in [5.41, 5.74) is -0.357. The van der Waals surface area contributed by atoms with E-state index in [2.05, 4.69) is 0 Å². The molecule has 0 aliphatic carbocycles. The maximum absolute atomic E-state index is 12.6. The third-order valence-corrected chi connectivity index (χ3v) is 5.82. The van der Waals surface area contributed by atoms with Gasteiger partial charge in [0.05, 0.1) is 12.2 Å². The average Bonchev–Trinajstić information content (AvgIpc) is 2.45. The van der Waals surface area contributed by atoms with E-state index in [1.165, 1.54) is 6.07 Å². The van der Waals surface area contributed by atoms with Crippen molar-refractivity contribution in [2.75, 3.05) is 6.61 Å². The minimum atomic E-state index is -4.46. The van der Waals surface area contributed by atoms with Gasteiger partial charge in [-0.3, -0.25) is 4.52 Å². The van der Waals surface area contributed by atoms with Gasteiger partial charge in [0.25, 0.3) is 0 Å². The van der Waals surface area contributed by atoms with Gasteiger partial charge in [-0.15, -0.1) is 0 Å².